The first kappa shape index (κ1) is 16.7. The lowest BCUT2D eigenvalue weighted by Crippen LogP contribution is -2.37. The van der Waals surface area contributed by atoms with E-state index in [2.05, 4.69) is 30.9 Å². The van der Waals surface area contributed by atoms with Gasteiger partial charge in [-0.15, -0.1) is 0 Å². The quantitative estimate of drug-likeness (QED) is 0.609. The zero-order valence-corrected chi connectivity index (χ0v) is 15.0. The van der Waals surface area contributed by atoms with Crippen molar-refractivity contribution in [2.45, 2.75) is 31.3 Å². The molecule has 0 bridgehead atoms. The molecule has 2 atom stereocenters. The van der Waals surface area contributed by atoms with Crippen molar-refractivity contribution in [2.75, 3.05) is 0 Å². The van der Waals surface area contributed by atoms with Gasteiger partial charge in [-0.1, -0.05) is 17.7 Å². The third kappa shape index (κ3) is 2.74. The molecule has 130 valence electrons. The average molecular weight is 365 g/mol. The van der Waals surface area contributed by atoms with Crippen LogP contribution in [0, 0.1) is 16.7 Å². The second-order valence-corrected chi connectivity index (χ2v) is 6.91. The average Bonchev–Trinajstić information content (AvgIpc) is 3.49. The molecule has 4 rings (SSSR count). The topological polar surface area (TPSA) is 78.6 Å². The van der Waals surface area contributed by atoms with Gasteiger partial charge in [-0.2, -0.15) is 5.26 Å². The molecule has 2 unspecified atom stereocenters. The van der Waals surface area contributed by atoms with Crippen molar-refractivity contribution >= 4 is 11.6 Å². The van der Waals surface area contributed by atoms with Gasteiger partial charge in [0.1, 0.15) is 16.9 Å². The van der Waals surface area contributed by atoms with Crippen LogP contribution in [0.2, 0.25) is 0 Å². The molecular weight excluding hydrogens is 348 g/mol. The zero-order valence-electron chi connectivity index (χ0n) is 14.2. The van der Waals surface area contributed by atoms with Crippen LogP contribution in [0.25, 0.3) is 11.4 Å². The molecule has 0 amide bonds. The minimum absolute atomic E-state index is 0.176. The molecule has 0 radical (unpaired) electrons. The summed E-state index contributed by atoms with van der Waals surface area (Å²) >= 11 is 6.62. The summed E-state index contributed by atoms with van der Waals surface area (Å²) in [6, 6.07) is 2.29. The monoisotopic (exact) mass is 364 g/mol. The third-order valence-corrected chi connectivity index (χ3v) is 5.22. The predicted molar refractivity (Wildman–Crippen MR) is 97.5 cm³/mol. The molecule has 0 aromatic carbocycles. The molecule has 7 heteroatoms. The summed E-state index contributed by atoms with van der Waals surface area (Å²) in [6.45, 7) is 2.03. The van der Waals surface area contributed by atoms with Crippen LogP contribution in [0.5, 0.6) is 0 Å². The van der Waals surface area contributed by atoms with E-state index < -0.39 is 5.41 Å². The van der Waals surface area contributed by atoms with E-state index >= 15 is 0 Å². The molecule has 6 nitrogen and oxygen atoms in total. The summed E-state index contributed by atoms with van der Waals surface area (Å²) in [6.07, 6.45) is 15.8. The van der Waals surface area contributed by atoms with Crippen molar-refractivity contribution in [1.29, 1.82) is 5.26 Å². The first-order valence-corrected chi connectivity index (χ1v) is 8.90. The van der Waals surface area contributed by atoms with Crippen molar-refractivity contribution in [3.8, 4) is 17.5 Å². The first-order valence-electron chi connectivity index (χ1n) is 8.46. The molecular formula is C19H17ClN6. The maximum absolute atomic E-state index is 9.67. The Morgan fingerprint density at radius 3 is 2.69 bits per heavy atom. The van der Waals surface area contributed by atoms with Crippen LogP contribution in [0.15, 0.2) is 54.9 Å². The van der Waals surface area contributed by atoms with Crippen molar-refractivity contribution in [2.24, 2.45) is 5.41 Å². The SMILES string of the molecule is CC(c1nccnc1-c1cnccn1)N1C(C2(C#N)CC2)=CC=CC1Cl. The Kier molecular flexibility index (Phi) is 4.17. The maximum atomic E-state index is 9.67. The van der Waals surface area contributed by atoms with Gasteiger partial charge in [0.15, 0.2) is 0 Å². The van der Waals surface area contributed by atoms with Crippen molar-refractivity contribution in [3.63, 3.8) is 0 Å². The fourth-order valence-corrected chi connectivity index (χ4v) is 3.69. The number of aromatic nitrogens is 4. The summed E-state index contributed by atoms with van der Waals surface area (Å²) in [5, 5.41) is 9.67. The Morgan fingerprint density at radius 2 is 2.00 bits per heavy atom. The summed E-state index contributed by atoms with van der Waals surface area (Å²) in [7, 11) is 0. The van der Waals surface area contributed by atoms with Crippen molar-refractivity contribution in [1.82, 2.24) is 24.8 Å². The lowest BCUT2D eigenvalue weighted by molar-refractivity contribution is 0.243. The van der Waals surface area contributed by atoms with E-state index in [1.807, 2.05) is 25.2 Å². The van der Waals surface area contributed by atoms with Gasteiger partial charge in [0.05, 0.1) is 29.4 Å². The van der Waals surface area contributed by atoms with E-state index in [4.69, 9.17) is 11.6 Å². The van der Waals surface area contributed by atoms with E-state index in [0.29, 0.717) is 11.4 Å². The molecule has 1 aliphatic carbocycles. The summed E-state index contributed by atoms with van der Waals surface area (Å²) < 4.78 is 0. The molecule has 2 aromatic rings. The van der Waals surface area contributed by atoms with Gasteiger partial charge in [0.25, 0.3) is 0 Å². The summed E-state index contributed by atoms with van der Waals surface area (Å²) in [5.74, 6) is 0. The predicted octanol–water partition coefficient (Wildman–Crippen LogP) is 3.62. The van der Waals surface area contributed by atoms with E-state index in [1.165, 1.54) is 0 Å². The van der Waals surface area contributed by atoms with E-state index in [0.717, 1.165) is 24.2 Å². The van der Waals surface area contributed by atoms with E-state index in [9.17, 15) is 5.26 Å². The van der Waals surface area contributed by atoms with Crippen LogP contribution >= 0.6 is 11.6 Å². The van der Waals surface area contributed by atoms with E-state index in [-0.39, 0.29) is 11.5 Å². The molecule has 1 fully saturated rings. The Bertz CT molecular complexity index is 913. The van der Waals surface area contributed by atoms with Gasteiger partial charge in [-0.25, -0.2) is 0 Å². The Morgan fingerprint density at radius 1 is 1.23 bits per heavy atom. The summed E-state index contributed by atoms with van der Waals surface area (Å²) in [4.78, 5) is 19.6. The third-order valence-electron chi connectivity index (χ3n) is 4.87. The molecule has 2 aliphatic rings. The number of rotatable bonds is 4. The number of halogens is 1. The van der Waals surface area contributed by atoms with Gasteiger partial charge >= 0.3 is 0 Å². The van der Waals surface area contributed by atoms with Gasteiger partial charge in [-0.3, -0.25) is 19.9 Å². The fraction of sp³-hybridized carbons (Fsp3) is 0.316. The highest BCUT2D eigenvalue weighted by atomic mass is 35.5. The minimum atomic E-state index is -0.443. The molecule has 0 saturated heterocycles. The van der Waals surface area contributed by atoms with E-state index in [1.54, 1.807) is 31.0 Å². The highest BCUT2D eigenvalue weighted by molar-refractivity contribution is 6.21. The zero-order chi connectivity index (χ0) is 18.1. The normalized spacial score (nSPS) is 21.7. The van der Waals surface area contributed by atoms with Crippen LogP contribution in [0.1, 0.15) is 31.5 Å². The second kappa shape index (κ2) is 6.50. The molecule has 3 heterocycles. The smallest absolute Gasteiger partial charge is 0.123 e. The molecule has 26 heavy (non-hydrogen) atoms. The Labute approximate surface area is 156 Å². The van der Waals surface area contributed by atoms with Gasteiger partial charge < -0.3 is 4.90 Å². The second-order valence-electron chi connectivity index (χ2n) is 6.47. The highest BCUT2D eigenvalue weighted by Crippen LogP contribution is 2.55. The van der Waals surface area contributed by atoms with Crippen LogP contribution in [-0.4, -0.2) is 30.3 Å². The molecule has 0 spiro atoms. The summed E-state index contributed by atoms with van der Waals surface area (Å²) in [5.41, 5.74) is 2.24. The first-order chi connectivity index (χ1) is 12.7. The highest BCUT2D eigenvalue weighted by Gasteiger charge is 2.51. The van der Waals surface area contributed by atoms with Crippen LogP contribution in [0.4, 0.5) is 0 Å². The number of hydrogen-bond acceptors (Lipinski definition) is 6. The number of nitrogens with zero attached hydrogens (tertiary/aromatic N) is 6. The van der Waals surface area contributed by atoms with Gasteiger partial charge in [-0.05, 0) is 31.9 Å². The largest absolute Gasteiger partial charge is 0.345 e. The standard InChI is InChI=1S/C19H17ClN6/c1-13(17-18(25-10-9-24-17)14-11-22-7-8-23-14)26-15(3-2-4-16(26)20)19(12-21)5-6-19/h2-4,7-11,13,16H,5-6H2,1H3. The molecule has 1 saturated carbocycles. The number of allylic oxidation sites excluding steroid dienone is 3. The fourth-order valence-electron chi connectivity index (χ4n) is 3.33. The Hall–Kier alpha value is -2.78. The number of hydrogen-bond donors (Lipinski definition) is 0. The number of nitriles is 1. The Balaban J connectivity index is 1.76. The molecule has 2 aromatic heterocycles. The molecule has 1 aliphatic heterocycles. The van der Waals surface area contributed by atoms with Crippen LogP contribution in [0.3, 0.4) is 0 Å². The van der Waals surface area contributed by atoms with Crippen LogP contribution < -0.4 is 0 Å². The van der Waals surface area contributed by atoms with Gasteiger partial charge in [0, 0.05) is 30.5 Å². The van der Waals surface area contributed by atoms with Crippen molar-refractivity contribution in [3.05, 3.63) is 60.6 Å². The molecule has 0 N–H and O–H groups in total. The van der Waals surface area contributed by atoms with Gasteiger partial charge in [0.2, 0.25) is 0 Å². The maximum Gasteiger partial charge on any atom is 0.123 e. The number of alkyl halides is 1. The minimum Gasteiger partial charge on any atom is -0.345 e. The lowest BCUT2D eigenvalue weighted by atomic mass is 9.97. The van der Waals surface area contributed by atoms with Crippen LogP contribution in [-0.2, 0) is 0 Å². The van der Waals surface area contributed by atoms with Crippen molar-refractivity contribution < 1.29 is 0 Å². The lowest BCUT2D eigenvalue weighted by Gasteiger charge is -2.39.